The van der Waals surface area contributed by atoms with Crippen molar-refractivity contribution in [1.29, 1.82) is 0 Å². The van der Waals surface area contributed by atoms with Gasteiger partial charge in [-0.2, -0.15) is 0 Å². The fraction of sp³-hybridized carbons (Fsp3) is 0.200. The number of nitrogens with one attached hydrogen (secondary N) is 1. The zero-order chi connectivity index (χ0) is 23.7. The highest BCUT2D eigenvalue weighted by molar-refractivity contribution is 9.10. The second-order valence-electron chi connectivity index (χ2n) is 9.10. The molecule has 172 valence electrons. The summed E-state index contributed by atoms with van der Waals surface area (Å²) in [4.78, 5) is 5.04. The summed E-state index contributed by atoms with van der Waals surface area (Å²) in [5.74, 6) is 0. The Morgan fingerprint density at radius 1 is 0.676 bits per heavy atom. The Labute approximate surface area is 211 Å². The van der Waals surface area contributed by atoms with E-state index in [1.54, 1.807) is 0 Å². The van der Waals surface area contributed by atoms with Crippen LogP contribution in [0.4, 0.5) is 22.7 Å². The van der Waals surface area contributed by atoms with Crippen molar-refractivity contribution in [3.63, 3.8) is 0 Å². The van der Waals surface area contributed by atoms with Gasteiger partial charge in [-0.25, -0.2) is 0 Å². The quantitative estimate of drug-likeness (QED) is 0.291. The number of benzene rings is 4. The van der Waals surface area contributed by atoms with Crippen LogP contribution in [0.1, 0.15) is 28.4 Å². The molecule has 5 rings (SSSR count). The van der Waals surface area contributed by atoms with Crippen LogP contribution in [0.5, 0.6) is 0 Å². The van der Waals surface area contributed by atoms with E-state index in [4.69, 9.17) is 0 Å². The number of hydrogen-bond acceptors (Lipinski definition) is 3. The lowest BCUT2D eigenvalue weighted by Gasteiger charge is -2.35. The molecule has 0 radical (unpaired) electrons. The van der Waals surface area contributed by atoms with E-state index in [9.17, 15) is 0 Å². The van der Waals surface area contributed by atoms with Crippen molar-refractivity contribution in [2.45, 2.75) is 26.9 Å². The molecule has 3 nitrogen and oxygen atoms in total. The minimum Gasteiger partial charge on any atom is -0.355 e. The smallest absolute Gasteiger partial charge is 0.130 e. The van der Waals surface area contributed by atoms with Gasteiger partial charge in [-0.05, 0) is 74.9 Å². The van der Waals surface area contributed by atoms with Crippen LogP contribution in [0.3, 0.4) is 0 Å². The first-order valence-electron chi connectivity index (χ1n) is 11.8. The first kappa shape index (κ1) is 22.5. The predicted octanol–water partition coefficient (Wildman–Crippen LogP) is 8.14. The minimum atomic E-state index is 0.0643. The standard InChI is InChI=1S/C30H30BrN3/c1-21-8-13-25(14-9-21)33-18-19-34(26-15-10-22(2)11-16-26)30(33)27-20-24(31)12-17-29(27)32-28-7-5-4-6-23(28)3/h4-17,20,30,32H,18-19H2,1-3H3. The summed E-state index contributed by atoms with van der Waals surface area (Å²) in [5, 5.41) is 3.73. The normalized spacial score (nSPS) is 14.0. The SMILES string of the molecule is Cc1ccc(N2CCN(c3ccc(C)cc3)C2c2cc(Br)ccc2Nc2ccccc2C)cc1. The molecule has 0 amide bonds. The van der Waals surface area contributed by atoms with E-state index in [0.29, 0.717) is 0 Å². The molecule has 4 heteroatoms. The Balaban J connectivity index is 1.63. The Morgan fingerprint density at radius 2 is 1.24 bits per heavy atom. The van der Waals surface area contributed by atoms with E-state index >= 15 is 0 Å². The number of para-hydroxylation sites is 1. The maximum absolute atomic E-state index is 3.75. The molecular formula is C30H30BrN3. The molecule has 0 unspecified atom stereocenters. The van der Waals surface area contributed by atoms with Crippen molar-refractivity contribution in [1.82, 2.24) is 0 Å². The van der Waals surface area contributed by atoms with Gasteiger partial charge in [0.15, 0.2) is 0 Å². The van der Waals surface area contributed by atoms with Gasteiger partial charge in [-0.1, -0.05) is 69.5 Å². The molecule has 0 spiro atoms. The fourth-order valence-electron chi connectivity index (χ4n) is 4.70. The van der Waals surface area contributed by atoms with Gasteiger partial charge in [-0.3, -0.25) is 0 Å². The maximum Gasteiger partial charge on any atom is 0.130 e. The lowest BCUT2D eigenvalue weighted by Crippen LogP contribution is -2.31. The lowest BCUT2D eigenvalue weighted by molar-refractivity contribution is 0.718. The zero-order valence-electron chi connectivity index (χ0n) is 19.9. The summed E-state index contributed by atoms with van der Waals surface area (Å²) in [5.41, 5.74) is 9.77. The Kier molecular flexibility index (Phi) is 6.34. The van der Waals surface area contributed by atoms with Crippen molar-refractivity contribution in [2.24, 2.45) is 0 Å². The summed E-state index contributed by atoms with van der Waals surface area (Å²) in [6.07, 6.45) is 0.0643. The van der Waals surface area contributed by atoms with E-state index in [1.807, 2.05) is 0 Å². The molecule has 0 bridgehead atoms. The van der Waals surface area contributed by atoms with Crippen LogP contribution >= 0.6 is 15.9 Å². The summed E-state index contributed by atoms with van der Waals surface area (Å²) in [7, 11) is 0. The average Bonchev–Trinajstić information content (AvgIpc) is 3.27. The third kappa shape index (κ3) is 4.55. The van der Waals surface area contributed by atoms with Crippen molar-refractivity contribution in [2.75, 3.05) is 28.2 Å². The molecular weight excluding hydrogens is 482 g/mol. The van der Waals surface area contributed by atoms with Crippen molar-refractivity contribution in [3.8, 4) is 0 Å². The van der Waals surface area contributed by atoms with Gasteiger partial charge in [0.25, 0.3) is 0 Å². The van der Waals surface area contributed by atoms with Crippen LogP contribution in [0, 0.1) is 20.8 Å². The second kappa shape index (κ2) is 9.55. The number of nitrogens with zero attached hydrogens (tertiary/aromatic N) is 2. The maximum atomic E-state index is 3.75. The van der Waals surface area contributed by atoms with Crippen LogP contribution in [-0.4, -0.2) is 13.1 Å². The predicted molar refractivity (Wildman–Crippen MR) is 148 cm³/mol. The van der Waals surface area contributed by atoms with E-state index < -0.39 is 0 Å². The number of aryl methyl sites for hydroxylation is 3. The third-order valence-corrected chi connectivity index (χ3v) is 7.10. The average molecular weight is 512 g/mol. The molecule has 1 fully saturated rings. The highest BCUT2D eigenvalue weighted by atomic mass is 79.9. The molecule has 0 saturated carbocycles. The number of anilines is 4. The van der Waals surface area contributed by atoms with Crippen molar-refractivity contribution < 1.29 is 0 Å². The molecule has 1 aliphatic heterocycles. The molecule has 1 aliphatic rings. The molecule has 1 N–H and O–H groups in total. The first-order chi connectivity index (χ1) is 16.5. The van der Waals surface area contributed by atoms with E-state index in [-0.39, 0.29) is 6.17 Å². The summed E-state index contributed by atoms with van der Waals surface area (Å²) >= 11 is 3.75. The molecule has 0 atom stereocenters. The van der Waals surface area contributed by atoms with Crippen molar-refractivity contribution >= 4 is 38.7 Å². The molecule has 0 aromatic heterocycles. The second-order valence-corrected chi connectivity index (χ2v) is 10.0. The number of halogens is 1. The monoisotopic (exact) mass is 511 g/mol. The lowest BCUT2D eigenvalue weighted by atomic mass is 10.1. The van der Waals surface area contributed by atoms with Crippen LogP contribution in [-0.2, 0) is 0 Å². The van der Waals surface area contributed by atoms with E-state index in [2.05, 4.69) is 143 Å². The van der Waals surface area contributed by atoms with Gasteiger partial charge < -0.3 is 15.1 Å². The molecule has 1 saturated heterocycles. The van der Waals surface area contributed by atoms with Gasteiger partial charge in [-0.15, -0.1) is 0 Å². The Morgan fingerprint density at radius 3 is 1.79 bits per heavy atom. The number of hydrogen-bond donors (Lipinski definition) is 1. The highest BCUT2D eigenvalue weighted by Gasteiger charge is 2.35. The summed E-state index contributed by atoms with van der Waals surface area (Å²) < 4.78 is 1.08. The van der Waals surface area contributed by atoms with Crippen LogP contribution in [0.2, 0.25) is 0 Å². The molecule has 1 heterocycles. The minimum absolute atomic E-state index is 0.0643. The largest absolute Gasteiger partial charge is 0.355 e. The third-order valence-electron chi connectivity index (χ3n) is 6.61. The fourth-order valence-corrected chi connectivity index (χ4v) is 5.08. The molecule has 4 aromatic rings. The summed E-state index contributed by atoms with van der Waals surface area (Å²) in [6.45, 7) is 8.34. The number of rotatable bonds is 5. The van der Waals surface area contributed by atoms with Crippen LogP contribution in [0.15, 0.2) is 95.5 Å². The Bertz CT molecular complexity index is 1230. The topological polar surface area (TPSA) is 18.5 Å². The van der Waals surface area contributed by atoms with Gasteiger partial charge in [0.05, 0.1) is 0 Å². The summed E-state index contributed by atoms with van der Waals surface area (Å²) in [6, 6.07) is 32.8. The van der Waals surface area contributed by atoms with Crippen LogP contribution < -0.4 is 15.1 Å². The van der Waals surface area contributed by atoms with Gasteiger partial charge in [0.1, 0.15) is 6.17 Å². The highest BCUT2D eigenvalue weighted by Crippen LogP contribution is 2.42. The molecule has 34 heavy (non-hydrogen) atoms. The molecule has 4 aromatic carbocycles. The zero-order valence-corrected chi connectivity index (χ0v) is 21.5. The van der Waals surface area contributed by atoms with Crippen molar-refractivity contribution in [3.05, 3.63) is 118 Å². The first-order valence-corrected chi connectivity index (χ1v) is 12.6. The van der Waals surface area contributed by atoms with Gasteiger partial charge >= 0.3 is 0 Å². The van der Waals surface area contributed by atoms with Gasteiger partial charge in [0.2, 0.25) is 0 Å². The van der Waals surface area contributed by atoms with Crippen LogP contribution in [0.25, 0.3) is 0 Å². The van der Waals surface area contributed by atoms with E-state index in [1.165, 1.54) is 33.6 Å². The Hall–Kier alpha value is -3.24. The molecule has 0 aliphatic carbocycles. The van der Waals surface area contributed by atoms with Gasteiger partial charge in [0, 0.05) is 45.9 Å². The van der Waals surface area contributed by atoms with E-state index in [0.717, 1.165) is 28.9 Å².